The number of carboxylic acid groups (broad SMARTS) is 1. The van der Waals surface area contributed by atoms with Crippen LogP contribution < -0.4 is 10.1 Å². The van der Waals surface area contributed by atoms with Gasteiger partial charge in [0.05, 0.1) is 5.56 Å². The fourth-order valence-corrected chi connectivity index (χ4v) is 2.60. The van der Waals surface area contributed by atoms with Crippen LogP contribution in [0.4, 0.5) is 4.79 Å². The zero-order valence-corrected chi connectivity index (χ0v) is 14.9. The quantitative estimate of drug-likeness (QED) is 0.439. The van der Waals surface area contributed by atoms with Crippen molar-refractivity contribution in [2.24, 2.45) is 0 Å². The Labute approximate surface area is 161 Å². The Morgan fingerprint density at radius 2 is 1.79 bits per heavy atom. The molecule has 1 heterocycles. The zero-order valence-electron chi connectivity index (χ0n) is 14.9. The standard InChI is InChI=1S/C21H18N2O5/c1-2-11-23-19(24)18(22-21(23)27)12-14-5-9-17(10-6-14)28-13-15-3-7-16(8-4-15)20(25)26/h2-10,12H,1,11,13H2,(H,22,27)(H,25,26)/b18-12+. The summed E-state index contributed by atoms with van der Waals surface area (Å²) in [6, 6.07) is 13.0. The lowest BCUT2D eigenvalue weighted by Gasteiger charge is -2.07. The van der Waals surface area contributed by atoms with E-state index < -0.39 is 17.9 Å². The third-order valence-corrected chi connectivity index (χ3v) is 4.07. The van der Waals surface area contributed by atoms with Gasteiger partial charge < -0.3 is 15.2 Å². The first-order valence-corrected chi connectivity index (χ1v) is 8.48. The molecule has 0 radical (unpaired) electrons. The third kappa shape index (κ3) is 4.27. The van der Waals surface area contributed by atoms with Crippen LogP contribution in [0.25, 0.3) is 6.08 Å². The molecule has 1 fully saturated rings. The molecule has 2 N–H and O–H groups in total. The van der Waals surface area contributed by atoms with Crippen LogP contribution in [0.5, 0.6) is 5.75 Å². The molecule has 0 atom stereocenters. The van der Waals surface area contributed by atoms with Gasteiger partial charge in [-0.1, -0.05) is 30.3 Å². The van der Waals surface area contributed by atoms with Gasteiger partial charge >= 0.3 is 12.0 Å². The molecule has 3 amide bonds. The summed E-state index contributed by atoms with van der Waals surface area (Å²) in [7, 11) is 0. The summed E-state index contributed by atoms with van der Waals surface area (Å²) in [6.45, 7) is 3.98. The van der Waals surface area contributed by atoms with Gasteiger partial charge in [0.25, 0.3) is 5.91 Å². The summed E-state index contributed by atoms with van der Waals surface area (Å²) in [5.74, 6) is -0.740. The van der Waals surface area contributed by atoms with Gasteiger partial charge in [0.1, 0.15) is 18.1 Å². The van der Waals surface area contributed by atoms with E-state index in [0.29, 0.717) is 12.4 Å². The number of urea groups is 1. The maximum atomic E-state index is 12.2. The molecule has 28 heavy (non-hydrogen) atoms. The molecule has 3 rings (SSSR count). The number of benzene rings is 2. The molecule has 0 unspecified atom stereocenters. The van der Waals surface area contributed by atoms with E-state index in [0.717, 1.165) is 16.0 Å². The summed E-state index contributed by atoms with van der Waals surface area (Å²) in [5, 5.41) is 11.4. The van der Waals surface area contributed by atoms with Gasteiger partial charge in [0.2, 0.25) is 0 Å². The topological polar surface area (TPSA) is 95.9 Å². The molecule has 142 valence electrons. The van der Waals surface area contributed by atoms with Crippen molar-refractivity contribution >= 4 is 24.0 Å². The normalized spacial score (nSPS) is 14.9. The number of aromatic carboxylic acids is 1. The van der Waals surface area contributed by atoms with E-state index in [9.17, 15) is 14.4 Å². The summed E-state index contributed by atoms with van der Waals surface area (Å²) >= 11 is 0. The fourth-order valence-electron chi connectivity index (χ4n) is 2.60. The lowest BCUT2D eigenvalue weighted by molar-refractivity contribution is -0.122. The Morgan fingerprint density at radius 1 is 1.11 bits per heavy atom. The first kappa shape index (κ1) is 18.9. The van der Waals surface area contributed by atoms with Crippen molar-refractivity contribution in [2.45, 2.75) is 6.61 Å². The largest absolute Gasteiger partial charge is 0.489 e. The number of carboxylic acids is 1. The van der Waals surface area contributed by atoms with Crippen molar-refractivity contribution in [3.8, 4) is 5.75 Å². The smallest absolute Gasteiger partial charge is 0.335 e. The molecule has 2 aromatic carbocycles. The highest BCUT2D eigenvalue weighted by Crippen LogP contribution is 2.18. The van der Waals surface area contributed by atoms with E-state index in [-0.39, 0.29) is 17.8 Å². The molecule has 1 saturated heterocycles. The number of rotatable bonds is 7. The Hall–Kier alpha value is -3.87. The van der Waals surface area contributed by atoms with E-state index in [4.69, 9.17) is 9.84 Å². The average molecular weight is 378 g/mol. The number of carbonyl (C=O) groups excluding carboxylic acids is 2. The summed E-state index contributed by atoms with van der Waals surface area (Å²) in [4.78, 5) is 35.9. The molecule has 0 saturated carbocycles. The predicted molar refractivity (Wildman–Crippen MR) is 103 cm³/mol. The van der Waals surface area contributed by atoms with Crippen molar-refractivity contribution in [2.75, 3.05) is 6.54 Å². The highest BCUT2D eigenvalue weighted by Gasteiger charge is 2.32. The van der Waals surface area contributed by atoms with Crippen LogP contribution >= 0.6 is 0 Å². The predicted octanol–water partition coefficient (Wildman–Crippen LogP) is 3.04. The second kappa shape index (κ2) is 8.22. The Kier molecular flexibility index (Phi) is 5.55. The van der Waals surface area contributed by atoms with E-state index in [2.05, 4.69) is 11.9 Å². The van der Waals surface area contributed by atoms with Gasteiger partial charge in [0, 0.05) is 6.54 Å². The number of ether oxygens (including phenoxy) is 1. The molecule has 0 aliphatic carbocycles. The molecule has 2 aromatic rings. The van der Waals surface area contributed by atoms with Crippen molar-refractivity contribution in [3.05, 3.63) is 83.6 Å². The van der Waals surface area contributed by atoms with Gasteiger partial charge in [-0.25, -0.2) is 9.59 Å². The van der Waals surface area contributed by atoms with Gasteiger partial charge in [-0.15, -0.1) is 6.58 Å². The van der Waals surface area contributed by atoms with Crippen LogP contribution in [-0.2, 0) is 11.4 Å². The van der Waals surface area contributed by atoms with Crippen molar-refractivity contribution in [3.63, 3.8) is 0 Å². The number of carbonyl (C=O) groups is 3. The fraction of sp³-hybridized carbons (Fsp3) is 0.0952. The average Bonchev–Trinajstić information content (AvgIpc) is 2.95. The minimum Gasteiger partial charge on any atom is -0.489 e. The molecule has 0 aromatic heterocycles. The minimum atomic E-state index is -0.971. The summed E-state index contributed by atoms with van der Waals surface area (Å²) < 4.78 is 5.68. The van der Waals surface area contributed by atoms with E-state index >= 15 is 0 Å². The Balaban J connectivity index is 1.62. The van der Waals surface area contributed by atoms with Crippen molar-refractivity contribution in [1.82, 2.24) is 10.2 Å². The van der Waals surface area contributed by atoms with Crippen LogP contribution in [0.15, 0.2) is 66.9 Å². The van der Waals surface area contributed by atoms with E-state index in [1.807, 2.05) is 0 Å². The third-order valence-electron chi connectivity index (χ3n) is 4.07. The van der Waals surface area contributed by atoms with Crippen molar-refractivity contribution < 1.29 is 24.2 Å². The van der Waals surface area contributed by atoms with Crippen molar-refractivity contribution in [1.29, 1.82) is 0 Å². The number of nitrogens with zero attached hydrogens (tertiary/aromatic N) is 1. The summed E-state index contributed by atoms with van der Waals surface area (Å²) in [6.07, 6.45) is 3.08. The molecular weight excluding hydrogens is 360 g/mol. The SMILES string of the molecule is C=CCN1C(=O)N/C(=C/c2ccc(OCc3ccc(C(=O)O)cc3)cc2)C1=O. The number of amides is 3. The highest BCUT2D eigenvalue weighted by atomic mass is 16.5. The summed E-state index contributed by atoms with van der Waals surface area (Å²) in [5.41, 5.74) is 2.01. The van der Waals surface area contributed by atoms with Gasteiger partial charge in [-0.3, -0.25) is 9.69 Å². The second-order valence-electron chi connectivity index (χ2n) is 6.05. The maximum absolute atomic E-state index is 12.2. The monoisotopic (exact) mass is 378 g/mol. The first-order chi connectivity index (χ1) is 13.5. The van der Waals surface area contributed by atoms with Crippen LogP contribution in [-0.4, -0.2) is 34.5 Å². The van der Waals surface area contributed by atoms with E-state index in [1.165, 1.54) is 18.2 Å². The second-order valence-corrected chi connectivity index (χ2v) is 6.05. The molecule has 1 aliphatic rings. The first-order valence-electron chi connectivity index (χ1n) is 8.48. The number of nitrogens with one attached hydrogen (secondary N) is 1. The molecule has 7 heteroatoms. The lowest BCUT2D eigenvalue weighted by atomic mass is 10.1. The van der Waals surface area contributed by atoms with E-state index in [1.54, 1.807) is 42.5 Å². The molecule has 7 nitrogen and oxygen atoms in total. The molecule has 0 spiro atoms. The van der Waals surface area contributed by atoms with Crippen LogP contribution in [0, 0.1) is 0 Å². The maximum Gasteiger partial charge on any atom is 0.335 e. The highest BCUT2D eigenvalue weighted by molar-refractivity contribution is 6.14. The molecule has 1 aliphatic heterocycles. The Morgan fingerprint density at radius 3 is 2.39 bits per heavy atom. The molecule has 0 bridgehead atoms. The number of hydrogen-bond acceptors (Lipinski definition) is 4. The molecular formula is C21H18N2O5. The Bertz CT molecular complexity index is 946. The van der Waals surface area contributed by atoms with Gasteiger partial charge in [-0.05, 0) is 41.5 Å². The number of hydrogen-bond donors (Lipinski definition) is 2. The number of imide groups is 1. The van der Waals surface area contributed by atoms with Crippen LogP contribution in [0.2, 0.25) is 0 Å². The lowest BCUT2D eigenvalue weighted by Crippen LogP contribution is -2.30. The van der Waals surface area contributed by atoms with Crippen LogP contribution in [0.3, 0.4) is 0 Å². The van der Waals surface area contributed by atoms with Crippen LogP contribution in [0.1, 0.15) is 21.5 Å². The van der Waals surface area contributed by atoms with Gasteiger partial charge in [0.15, 0.2) is 0 Å². The van der Waals surface area contributed by atoms with Gasteiger partial charge in [-0.2, -0.15) is 0 Å². The zero-order chi connectivity index (χ0) is 20.1. The minimum absolute atomic E-state index is 0.155.